The summed E-state index contributed by atoms with van der Waals surface area (Å²) in [4.78, 5) is 10.8. The zero-order valence-corrected chi connectivity index (χ0v) is 11.9. The highest BCUT2D eigenvalue weighted by Crippen LogP contribution is 2.30. The smallest absolute Gasteiger partial charge is 0.335 e. The molecule has 2 rings (SSSR count). The number of carboxylic acid groups (broad SMARTS) is 1. The van der Waals surface area contributed by atoms with Crippen molar-refractivity contribution >= 4 is 23.3 Å². The molecule has 0 radical (unpaired) electrons. The van der Waals surface area contributed by atoms with Crippen molar-refractivity contribution in [1.29, 1.82) is 0 Å². The Balaban J connectivity index is 1.98. The average Bonchev–Trinajstić information content (AvgIpc) is 2.41. The van der Waals surface area contributed by atoms with Gasteiger partial charge in [0.1, 0.15) is 0 Å². The van der Waals surface area contributed by atoms with Gasteiger partial charge in [-0.25, -0.2) is 4.79 Å². The molecular formula is C15H20ClNO2. The summed E-state index contributed by atoms with van der Waals surface area (Å²) in [6, 6.07) is 5.31. The minimum Gasteiger partial charge on any atom is -0.478 e. The van der Waals surface area contributed by atoms with Crippen LogP contribution in [0.1, 0.15) is 49.4 Å². The molecule has 1 aliphatic rings. The van der Waals surface area contributed by atoms with Crippen molar-refractivity contribution in [1.82, 2.24) is 0 Å². The molecule has 0 aliphatic heterocycles. The third-order valence-corrected chi connectivity index (χ3v) is 4.31. The molecule has 1 aromatic carbocycles. The van der Waals surface area contributed by atoms with E-state index in [0.717, 1.165) is 24.4 Å². The van der Waals surface area contributed by atoms with E-state index in [4.69, 9.17) is 16.7 Å². The van der Waals surface area contributed by atoms with Crippen molar-refractivity contribution in [2.75, 3.05) is 5.32 Å². The normalized spacial score (nSPS) is 23.1. The van der Waals surface area contributed by atoms with Crippen molar-refractivity contribution in [3.8, 4) is 0 Å². The Labute approximate surface area is 119 Å². The highest BCUT2D eigenvalue weighted by molar-refractivity contribution is 6.33. The van der Waals surface area contributed by atoms with Gasteiger partial charge in [-0.15, -0.1) is 0 Å². The van der Waals surface area contributed by atoms with E-state index in [2.05, 4.69) is 12.2 Å². The lowest BCUT2D eigenvalue weighted by Crippen LogP contribution is -2.26. The third kappa shape index (κ3) is 3.63. The summed E-state index contributed by atoms with van der Waals surface area (Å²) in [6.07, 6.45) is 6.11. The number of nitrogens with one attached hydrogen (secondary N) is 1. The number of rotatable bonds is 4. The van der Waals surface area contributed by atoms with E-state index in [1.807, 2.05) is 0 Å². The molecule has 0 atom stereocenters. The van der Waals surface area contributed by atoms with Crippen molar-refractivity contribution in [3.63, 3.8) is 0 Å². The van der Waals surface area contributed by atoms with Gasteiger partial charge in [0.25, 0.3) is 0 Å². The number of carbonyl (C=O) groups is 1. The van der Waals surface area contributed by atoms with Crippen molar-refractivity contribution in [3.05, 3.63) is 28.8 Å². The van der Waals surface area contributed by atoms with Gasteiger partial charge < -0.3 is 10.4 Å². The molecular weight excluding hydrogens is 262 g/mol. The van der Waals surface area contributed by atoms with Gasteiger partial charge in [-0.05, 0) is 49.8 Å². The van der Waals surface area contributed by atoms with Gasteiger partial charge in [-0.3, -0.25) is 0 Å². The highest BCUT2D eigenvalue weighted by atomic mass is 35.5. The van der Waals surface area contributed by atoms with Gasteiger partial charge >= 0.3 is 5.97 Å². The van der Waals surface area contributed by atoms with Crippen LogP contribution in [0.4, 0.5) is 5.69 Å². The van der Waals surface area contributed by atoms with E-state index in [1.54, 1.807) is 12.1 Å². The van der Waals surface area contributed by atoms with Crippen LogP contribution in [0.2, 0.25) is 5.02 Å². The second kappa shape index (κ2) is 6.29. The summed E-state index contributed by atoms with van der Waals surface area (Å²) in [5, 5.41) is 12.8. The minimum atomic E-state index is -0.947. The monoisotopic (exact) mass is 281 g/mol. The van der Waals surface area contributed by atoms with Crippen LogP contribution in [0.15, 0.2) is 18.2 Å². The van der Waals surface area contributed by atoms with Crippen LogP contribution in [0, 0.1) is 5.92 Å². The molecule has 19 heavy (non-hydrogen) atoms. The maximum absolute atomic E-state index is 10.8. The number of carboxylic acids is 1. The molecule has 1 aromatic rings. The van der Waals surface area contributed by atoms with Crippen molar-refractivity contribution in [2.24, 2.45) is 5.92 Å². The predicted octanol–water partition coefficient (Wildman–Crippen LogP) is 4.42. The van der Waals surface area contributed by atoms with E-state index in [9.17, 15) is 4.79 Å². The molecule has 1 saturated carbocycles. The van der Waals surface area contributed by atoms with E-state index < -0.39 is 5.97 Å². The lowest BCUT2D eigenvalue weighted by atomic mass is 9.84. The van der Waals surface area contributed by atoms with Crippen LogP contribution in [0.3, 0.4) is 0 Å². The Hall–Kier alpha value is -1.22. The molecule has 4 heteroatoms. The largest absolute Gasteiger partial charge is 0.478 e. The molecule has 0 spiro atoms. The van der Waals surface area contributed by atoms with Crippen molar-refractivity contribution < 1.29 is 9.90 Å². The number of hydrogen-bond donors (Lipinski definition) is 2. The van der Waals surface area contributed by atoms with Crippen LogP contribution < -0.4 is 5.32 Å². The van der Waals surface area contributed by atoms with Crippen LogP contribution in [-0.4, -0.2) is 17.1 Å². The molecule has 3 nitrogen and oxygen atoms in total. The Bertz CT molecular complexity index is 453. The number of benzene rings is 1. The van der Waals surface area contributed by atoms with Crippen LogP contribution in [-0.2, 0) is 0 Å². The predicted molar refractivity (Wildman–Crippen MR) is 78.1 cm³/mol. The van der Waals surface area contributed by atoms with E-state index in [-0.39, 0.29) is 5.56 Å². The highest BCUT2D eigenvalue weighted by Gasteiger charge is 2.20. The molecule has 0 bridgehead atoms. The third-order valence-electron chi connectivity index (χ3n) is 4.00. The van der Waals surface area contributed by atoms with Crippen molar-refractivity contribution in [2.45, 2.75) is 45.1 Å². The van der Waals surface area contributed by atoms with Gasteiger partial charge in [-0.1, -0.05) is 24.9 Å². The molecule has 0 heterocycles. The number of halogens is 1. The summed E-state index contributed by atoms with van der Waals surface area (Å²) < 4.78 is 0. The first-order valence-electron chi connectivity index (χ1n) is 6.89. The summed E-state index contributed by atoms with van der Waals surface area (Å²) in [5.74, 6) is -0.0835. The first-order chi connectivity index (χ1) is 9.10. The molecule has 0 saturated heterocycles. The van der Waals surface area contributed by atoms with Crippen LogP contribution in [0.5, 0.6) is 0 Å². The Morgan fingerprint density at radius 2 is 2.05 bits per heavy atom. The summed E-state index contributed by atoms with van der Waals surface area (Å²) >= 11 is 6.12. The van der Waals surface area contributed by atoms with Gasteiger partial charge in [0.15, 0.2) is 0 Å². The quantitative estimate of drug-likeness (QED) is 0.859. The number of anilines is 1. The van der Waals surface area contributed by atoms with E-state index in [0.29, 0.717) is 11.1 Å². The lowest BCUT2D eigenvalue weighted by Gasteiger charge is -2.29. The maximum atomic E-state index is 10.8. The summed E-state index contributed by atoms with van der Waals surface area (Å²) in [5.41, 5.74) is 1.07. The average molecular weight is 282 g/mol. The second-order valence-electron chi connectivity index (χ2n) is 5.27. The first-order valence-corrected chi connectivity index (χ1v) is 7.27. The Morgan fingerprint density at radius 1 is 1.37 bits per heavy atom. The summed E-state index contributed by atoms with van der Waals surface area (Å²) in [7, 11) is 0. The number of hydrogen-bond acceptors (Lipinski definition) is 2. The topological polar surface area (TPSA) is 49.3 Å². The lowest BCUT2D eigenvalue weighted by molar-refractivity contribution is 0.0697. The minimum absolute atomic E-state index is 0.227. The fourth-order valence-electron chi connectivity index (χ4n) is 2.70. The fraction of sp³-hybridized carbons (Fsp3) is 0.533. The van der Waals surface area contributed by atoms with Gasteiger partial charge in [0, 0.05) is 6.04 Å². The van der Waals surface area contributed by atoms with Gasteiger partial charge in [0.05, 0.1) is 16.3 Å². The molecule has 1 aliphatic carbocycles. The van der Waals surface area contributed by atoms with Crippen LogP contribution in [0.25, 0.3) is 0 Å². The SMILES string of the molecule is CCC1CCC(Nc2ccc(C(=O)O)cc2Cl)CC1. The zero-order valence-electron chi connectivity index (χ0n) is 11.2. The first kappa shape index (κ1) is 14.2. The van der Waals surface area contributed by atoms with E-state index in [1.165, 1.54) is 25.3 Å². The Kier molecular flexibility index (Phi) is 4.70. The Morgan fingerprint density at radius 3 is 2.58 bits per heavy atom. The van der Waals surface area contributed by atoms with Gasteiger partial charge in [0.2, 0.25) is 0 Å². The standard InChI is InChI=1S/C15H20ClNO2/c1-2-10-3-6-12(7-4-10)17-14-8-5-11(15(18)19)9-13(14)16/h5,8-10,12,17H,2-4,6-7H2,1H3,(H,18,19). The number of aromatic carboxylic acids is 1. The zero-order chi connectivity index (χ0) is 13.8. The molecule has 0 aromatic heterocycles. The molecule has 104 valence electrons. The second-order valence-corrected chi connectivity index (χ2v) is 5.68. The molecule has 0 unspecified atom stereocenters. The molecule has 2 N–H and O–H groups in total. The maximum Gasteiger partial charge on any atom is 0.335 e. The van der Waals surface area contributed by atoms with E-state index >= 15 is 0 Å². The fourth-order valence-corrected chi connectivity index (χ4v) is 2.94. The van der Waals surface area contributed by atoms with Gasteiger partial charge in [-0.2, -0.15) is 0 Å². The molecule has 0 amide bonds. The van der Waals surface area contributed by atoms with Crippen LogP contribution >= 0.6 is 11.6 Å². The molecule has 1 fully saturated rings. The summed E-state index contributed by atoms with van der Waals surface area (Å²) in [6.45, 7) is 2.25.